The van der Waals surface area contributed by atoms with Gasteiger partial charge in [0.2, 0.25) is 5.78 Å². The molecular weight excluding hydrogens is 202 g/mol. The standard InChI is InChI=1S/C12H21N3O/c1-6-15-8-7-14-10(15)9(16)11(2,3)12(4,5)13/h7-8H,6,13H2,1-5H3. The second kappa shape index (κ2) is 4.01. The van der Waals surface area contributed by atoms with Crippen molar-refractivity contribution in [2.45, 2.75) is 46.7 Å². The molecule has 1 aromatic rings. The lowest BCUT2D eigenvalue weighted by Crippen LogP contribution is -2.52. The van der Waals surface area contributed by atoms with Gasteiger partial charge in [0.1, 0.15) is 0 Å². The second-order valence-electron chi connectivity index (χ2n) is 5.21. The Labute approximate surface area is 96.9 Å². The number of ketones is 1. The first-order valence-electron chi connectivity index (χ1n) is 5.56. The molecule has 0 saturated heterocycles. The number of nitrogens with two attached hydrogens (primary N) is 1. The Hall–Kier alpha value is -1.16. The van der Waals surface area contributed by atoms with Crippen LogP contribution in [0, 0.1) is 5.41 Å². The number of carbonyl (C=O) groups is 1. The maximum absolute atomic E-state index is 12.4. The fourth-order valence-corrected chi connectivity index (χ4v) is 1.35. The van der Waals surface area contributed by atoms with E-state index in [1.54, 1.807) is 6.20 Å². The van der Waals surface area contributed by atoms with Gasteiger partial charge in [0.25, 0.3) is 0 Å². The molecule has 0 unspecified atom stereocenters. The fraction of sp³-hybridized carbons (Fsp3) is 0.667. The quantitative estimate of drug-likeness (QED) is 0.792. The van der Waals surface area contributed by atoms with Gasteiger partial charge in [0, 0.05) is 29.9 Å². The highest BCUT2D eigenvalue weighted by Gasteiger charge is 2.42. The van der Waals surface area contributed by atoms with Crippen molar-refractivity contribution in [3.05, 3.63) is 18.2 Å². The summed E-state index contributed by atoms with van der Waals surface area (Å²) in [4.78, 5) is 16.5. The molecule has 0 radical (unpaired) electrons. The number of nitrogens with zero attached hydrogens (tertiary/aromatic N) is 2. The predicted molar refractivity (Wildman–Crippen MR) is 64.3 cm³/mol. The van der Waals surface area contributed by atoms with Gasteiger partial charge in [0.05, 0.1) is 0 Å². The van der Waals surface area contributed by atoms with Crippen molar-refractivity contribution in [2.75, 3.05) is 0 Å². The van der Waals surface area contributed by atoms with E-state index >= 15 is 0 Å². The fourth-order valence-electron chi connectivity index (χ4n) is 1.35. The molecule has 0 amide bonds. The average Bonchev–Trinajstić information content (AvgIpc) is 2.62. The minimum atomic E-state index is -0.634. The van der Waals surface area contributed by atoms with E-state index in [0.717, 1.165) is 6.54 Å². The molecule has 0 saturated carbocycles. The van der Waals surface area contributed by atoms with Crippen molar-refractivity contribution in [2.24, 2.45) is 11.1 Å². The molecule has 16 heavy (non-hydrogen) atoms. The van der Waals surface area contributed by atoms with Crippen LogP contribution in [-0.2, 0) is 6.54 Å². The normalized spacial score (nSPS) is 12.9. The van der Waals surface area contributed by atoms with Crippen molar-refractivity contribution >= 4 is 5.78 Å². The number of aryl methyl sites for hydroxylation is 1. The van der Waals surface area contributed by atoms with Crippen LogP contribution in [0.25, 0.3) is 0 Å². The molecule has 1 rings (SSSR count). The minimum absolute atomic E-state index is 0.00755. The number of hydrogen-bond donors (Lipinski definition) is 1. The minimum Gasteiger partial charge on any atom is -0.329 e. The molecule has 1 heterocycles. The van der Waals surface area contributed by atoms with Gasteiger partial charge in [-0.25, -0.2) is 4.98 Å². The maximum Gasteiger partial charge on any atom is 0.205 e. The van der Waals surface area contributed by atoms with E-state index < -0.39 is 11.0 Å². The lowest BCUT2D eigenvalue weighted by molar-refractivity contribution is 0.0718. The Morgan fingerprint density at radius 1 is 1.44 bits per heavy atom. The Morgan fingerprint density at radius 2 is 2.00 bits per heavy atom. The zero-order valence-electron chi connectivity index (χ0n) is 10.7. The van der Waals surface area contributed by atoms with E-state index in [0.29, 0.717) is 5.82 Å². The van der Waals surface area contributed by atoms with Crippen LogP contribution >= 0.6 is 0 Å². The zero-order chi connectivity index (χ0) is 12.6. The maximum atomic E-state index is 12.4. The molecular formula is C12H21N3O. The molecule has 1 aromatic heterocycles. The summed E-state index contributed by atoms with van der Waals surface area (Å²) in [7, 11) is 0. The van der Waals surface area contributed by atoms with Gasteiger partial charge in [-0.15, -0.1) is 0 Å². The number of aromatic nitrogens is 2. The van der Waals surface area contributed by atoms with Crippen molar-refractivity contribution in [1.82, 2.24) is 9.55 Å². The smallest absolute Gasteiger partial charge is 0.205 e. The van der Waals surface area contributed by atoms with Gasteiger partial charge < -0.3 is 10.3 Å². The second-order valence-corrected chi connectivity index (χ2v) is 5.21. The molecule has 0 fully saturated rings. The monoisotopic (exact) mass is 223 g/mol. The molecule has 0 spiro atoms. The Morgan fingerprint density at radius 3 is 2.44 bits per heavy atom. The number of carbonyl (C=O) groups excluding carboxylic acids is 1. The lowest BCUT2D eigenvalue weighted by Gasteiger charge is -2.36. The van der Waals surface area contributed by atoms with Crippen LogP contribution in [0.2, 0.25) is 0 Å². The summed E-state index contributed by atoms with van der Waals surface area (Å²) in [6.07, 6.45) is 3.46. The highest BCUT2D eigenvalue weighted by atomic mass is 16.1. The number of rotatable bonds is 4. The van der Waals surface area contributed by atoms with Crippen molar-refractivity contribution in [3.8, 4) is 0 Å². The van der Waals surface area contributed by atoms with E-state index in [4.69, 9.17) is 5.73 Å². The largest absolute Gasteiger partial charge is 0.329 e. The third-order valence-corrected chi connectivity index (χ3v) is 3.44. The molecule has 4 nitrogen and oxygen atoms in total. The molecule has 0 bridgehead atoms. The van der Waals surface area contributed by atoms with Gasteiger partial charge in [-0.05, 0) is 20.8 Å². The first-order chi connectivity index (χ1) is 7.21. The average molecular weight is 223 g/mol. The van der Waals surface area contributed by atoms with Gasteiger partial charge in [-0.3, -0.25) is 4.79 Å². The summed E-state index contributed by atoms with van der Waals surface area (Å²) in [6.45, 7) is 10.2. The number of imidazole rings is 1. The van der Waals surface area contributed by atoms with Crippen LogP contribution in [-0.4, -0.2) is 20.9 Å². The summed E-state index contributed by atoms with van der Waals surface area (Å²) < 4.78 is 1.84. The third kappa shape index (κ3) is 2.02. The van der Waals surface area contributed by atoms with Crippen molar-refractivity contribution < 1.29 is 4.79 Å². The molecule has 4 heteroatoms. The van der Waals surface area contributed by atoms with Crippen molar-refractivity contribution in [1.29, 1.82) is 0 Å². The topological polar surface area (TPSA) is 60.9 Å². The van der Waals surface area contributed by atoms with E-state index in [1.165, 1.54) is 0 Å². The Kier molecular flexibility index (Phi) is 3.24. The van der Waals surface area contributed by atoms with Crippen LogP contribution in [0.3, 0.4) is 0 Å². The van der Waals surface area contributed by atoms with E-state index in [-0.39, 0.29) is 5.78 Å². The molecule has 0 aliphatic rings. The SMILES string of the molecule is CCn1ccnc1C(=O)C(C)(C)C(C)(C)N. The molecule has 2 N–H and O–H groups in total. The third-order valence-electron chi connectivity index (χ3n) is 3.44. The van der Waals surface area contributed by atoms with E-state index in [1.807, 2.05) is 45.4 Å². The van der Waals surface area contributed by atoms with Gasteiger partial charge in [-0.1, -0.05) is 13.8 Å². The van der Waals surface area contributed by atoms with Crippen molar-refractivity contribution in [3.63, 3.8) is 0 Å². The zero-order valence-corrected chi connectivity index (χ0v) is 10.7. The van der Waals surface area contributed by atoms with Gasteiger partial charge >= 0.3 is 0 Å². The number of hydrogen-bond acceptors (Lipinski definition) is 3. The summed E-state index contributed by atoms with van der Waals surface area (Å²) in [5.74, 6) is 0.484. The molecule has 90 valence electrons. The highest BCUT2D eigenvalue weighted by molar-refractivity contribution is 5.98. The summed E-state index contributed by atoms with van der Waals surface area (Å²) in [6, 6.07) is 0. The van der Waals surface area contributed by atoms with Crippen LogP contribution in [0.15, 0.2) is 12.4 Å². The summed E-state index contributed by atoms with van der Waals surface area (Å²) in [5.41, 5.74) is 4.85. The first kappa shape index (κ1) is 12.9. The molecule has 0 aliphatic carbocycles. The van der Waals surface area contributed by atoms with Crippen LogP contribution in [0.5, 0.6) is 0 Å². The van der Waals surface area contributed by atoms with E-state index in [2.05, 4.69) is 4.98 Å². The van der Waals surface area contributed by atoms with Crippen LogP contribution < -0.4 is 5.73 Å². The molecule has 0 aromatic carbocycles. The number of Topliss-reactive ketones (excluding diaryl/α,β-unsaturated/α-hetero) is 1. The van der Waals surface area contributed by atoms with E-state index in [9.17, 15) is 4.79 Å². The predicted octanol–water partition coefficient (Wildman–Crippen LogP) is 1.85. The van der Waals surface area contributed by atoms with Crippen LogP contribution in [0.1, 0.15) is 45.2 Å². The van der Waals surface area contributed by atoms with Gasteiger partial charge in [-0.2, -0.15) is 0 Å². The summed E-state index contributed by atoms with van der Waals surface area (Å²) >= 11 is 0. The summed E-state index contributed by atoms with van der Waals surface area (Å²) in [5, 5.41) is 0. The molecule has 0 atom stereocenters. The molecule has 0 aliphatic heterocycles. The first-order valence-corrected chi connectivity index (χ1v) is 5.56. The van der Waals surface area contributed by atoms with Crippen LogP contribution in [0.4, 0.5) is 0 Å². The Bertz CT molecular complexity index is 385. The Balaban J connectivity index is 3.12. The lowest BCUT2D eigenvalue weighted by atomic mass is 9.72. The van der Waals surface area contributed by atoms with Gasteiger partial charge in [0.15, 0.2) is 5.82 Å². The highest BCUT2D eigenvalue weighted by Crippen LogP contribution is 2.31.